The zero-order chi connectivity index (χ0) is 16.0. The monoisotopic (exact) mass is 296 g/mol. The zero-order valence-corrected chi connectivity index (χ0v) is 12.4. The number of aromatic hydroxyl groups is 1. The van der Waals surface area contributed by atoms with Crippen LogP contribution in [0.2, 0.25) is 0 Å². The summed E-state index contributed by atoms with van der Waals surface area (Å²) >= 11 is 0. The standard InChI is InChI=1S/C15H21FN2O3/c1-3-4-5-18(9-14(17)20)8-11-6-12(16)7-13(10(2)19)15(11)21/h6-7,21H,3-5,8-9H2,1-2H3,(H2,17,20). The highest BCUT2D eigenvalue weighted by Crippen LogP contribution is 2.26. The number of phenolic OH excluding ortho intramolecular Hbond substituents is 1. The fourth-order valence-electron chi connectivity index (χ4n) is 2.10. The number of amides is 1. The van der Waals surface area contributed by atoms with E-state index in [-0.39, 0.29) is 30.0 Å². The molecule has 1 aromatic rings. The lowest BCUT2D eigenvalue weighted by Crippen LogP contribution is -2.34. The molecule has 0 aromatic heterocycles. The maximum Gasteiger partial charge on any atom is 0.231 e. The Kier molecular flexibility index (Phi) is 6.30. The van der Waals surface area contributed by atoms with Crippen LogP contribution in [0.4, 0.5) is 4.39 Å². The van der Waals surface area contributed by atoms with Crippen molar-refractivity contribution in [2.75, 3.05) is 13.1 Å². The Morgan fingerprint density at radius 3 is 2.57 bits per heavy atom. The Hall–Kier alpha value is -1.95. The molecule has 0 saturated carbocycles. The van der Waals surface area contributed by atoms with E-state index in [0.717, 1.165) is 18.9 Å². The van der Waals surface area contributed by atoms with Crippen molar-refractivity contribution in [3.05, 3.63) is 29.1 Å². The van der Waals surface area contributed by atoms with Crippen molar-refractivity contribution in [1.82, 2.24) is 4.90 Å². The first-order valence-electron chi connectivity index (χ1n) is 6.88. The number of unbranched alkanes of at least 4 members (excludes halogenated alkanes) is 1. The predicted molar refractivity (Wildman–Crippen MR) is 77.4 cm³/mol. The van der Waals surface area contributed by atoms with Gasteiger partial charge in [-0.1, -0.05) is 13.3 Å². The third-order valence-electron chi connectivity index (χ3n) is 3.13. The largest absolute Gasteiger partial charge is 0.507 e. The molecule has 3 N–H and O–H groups in total. The average Bonchev–Trinajstić information content (AvgIpc) is 2.38. The van der Waals surface area contributed by atoms with E-state index >= 15 is 0 Å². The number of primary amides is 1. The number of hydrogen-bond acceptors (Lipinski definition) is 4. The van der Waals surface area contributed by atoms with Crippen LogP contribution in [0.25, 0.3) is 0 Å². The molecule has 0 unspecified atom stereocenters. The predicted octanol–water partition coefficient (Wildman–Crippen LogP) is 1.82. The van der Waals surface area contributed by atoms with Crippen LogP contribution >= 0.6 is 0 Å². The number of carbonyl (C=O) groups excluding carboxylic acids is 2. The summed E-state index contributed by atoms with van der Waals surface area (Å²) in [7, 11) is 0. The molecule has 21 heavy (non-hydrogen) atoms. The van der Waals surface area contributed by atoms with Crippen LogP contribution in [0.5, 0.6) is 5.75 Å². The fourth-order valence-corrected chi connectivity index (χ4v) is 2.10. The number of carbonyl (C=O) groups is 2. The van der Waals surface area contributed by atoms with Crippen molar-refractivity contribution in [2.24, 2.45) is 5.73 Å². The smallest absolute Gasteiger partial charge is 0.231 e. The number of ketones is 1. The number of benzene rings is 1. The van der Waals surface area contributed by atoms with Gasteiger partial charge >= 0.3 is 0 Å². The molecule has 0 fully saturated rings. The van der Waals surface area contributed by atoms with Gasteiger partial charge < -0.3 is 10.8 Å². The van der Waals surface area contributed by atoms with Gasteiger partial charge in [0.15, 0.2) is 5.78 Å². The van der Waals surface area contributed by atoms with Gasteiger partial charge in [-0.3, -0.25) is 14.5 Å². The average molecular weight is 296 g/mol. The summed E-state index contributed by atoms with van der Waals surface area (Å²) in [6, 6.07) is 2.17. The van der Waals surface area contributed by atoms with E-state index in [4.69, 9.17) is 5.73 Å². The van der Waals surface area contributed by atoms with Gasteiger partial charge in [0.2, 0.25) is 5.91 Å². The number of hydrogen-bond donors (Lipinski definition) is 2. The maximum absolute atomic E-state index is 13.6. The van der Waals surface area contributed by atoms with Gasteiger partial charge in [-0.25, -0.2) is 4.39 Å². The molecule has 1 amide bonds. The van der Waals surface area contributed by atoms with Crippen LogP contribution in [-0.4, -0.2) is 34.8 Å². The molecular formula is C15H21FN2O3. The number of halogens is 1. The molecule has 116 valence electrons. The van der Waals surface area contributed by atoms with Crippen LogP contribution in [0.3, 0.4) is 0 Å². The van der Waals surface area contributed by atoms with E-state index < -0.39 is 17.5 Å². The molecule has 0 heterocycles. The molecule has 1 rings (SSSR count). The number of phenols is 1. The second kappa shape index (κ2) is 7.73. The first kappa shape index (κ1) is 17.1. The second-order valence-corrected chi connectivity index (χ2v) is 5.05. The van der Waals surface area contributed by atoms with E-state index in [1.54, 1.807) is 4.90 Å². The van der Waals surface area contributed by atoms with Gasteiger partial charge in [0, 0.05) is 12.1 Å². The first-order chi connectivity index (χ1) is 9.85. The molecule has 0 atom stereocenters. The van der Waals surface area contributed by atoms with Crippen molar-refractivity contribution in [1.29, 1.82) is 0 Å². The summed E-state index contributed by atoms with van der Waals surface area (Å²) < 4.78 is 13.6. The molecule has 0 aliphatic heterocycles. The summed E-state index contributed by atoms with van der Waals surface area (Å²) in [6.07, 6.45) is 1.78. The lowest BCUT2D eigenvalue weighted by Gasteiger charge is -2.21. The Balaban J connectivity index is 3.01. The van der Waals surface area contributed by atoms with E-state index in [1.807, 2.05) is 6.92 Å². The molecule has 0 bridgehead atoms. The zero-order valence-electron chi connectivity index (χ0n) is 12.4. The van der Waals surface area contributed by atoms with Gasteiger partial charge in [0.1, 0.15) is 11.6 Å². The summed E-state index contributed by atoms with van der Waals surface area (Å²) in [5, 5.41) is 10.1. The van der Waals surface area contributed by atoms with Crippen LogP contribution in [-0.2, 0) is 11.3 Å². The molecule has 1 aromatic carbocycles. The second-order valence-electron chi connectivity index (χ2n) is 5.05. The third kappa shape index (κ3) is 5.15. The number of nitrogens with zero attached hydrogens (tertiary/aromatic N) is 1. The Morgan fingerprint density at radius 2 is 2.05 bits per heavy atom. The topological polar surface area (TPSA) is 83.6 Å². The molecule has 0 aliphatic rings. The summed E-state index contributed by atoms with van der Waals surface area (Å²) in [5.41, 5.74) is 5.41. The highest BCUT2D eigenvalue weighted by Gasteiger charge is 2.17. The summed E-state index contributed by atoms with van der Waals surface area (Å²) in [5.74, 6) is -1.74. The minimum atomic E-state index is -0.595. The normalized spacial score (nSPS) is 10.9. The Morgan fingerprint density at radius 1 is 1.38 bits per heavy atom. The van der Waals surface area contributed by atoms with E-state index in [9.17, 15) is 19.1 Å². The minimum Gasteiger partial charge on any atom is -0.507 e. The SMILES string of the molecule is CCCCN(CC(N)=O)Cc1cc(F)cc(C(C)=O)c1O. The molecule has 0 radical (unpaired) electrons. The quantitative estimate of drug-likeness (QED) is 0.717. The molecule has 0 spiro atoms. The number of nitrogens with two attached hydrogens (primary N) is 1. The van der Waals surface area contributed by atoms with E-state index in [2.05, 4.69) is 0 Å². The van der Waals surface area contributed by atoms with Crippen LogP contribution in [0, 0.1) is 5.82 Å². The Bertz CT molecular complexity index is 532. The molecule has 5 nitrogen and oxygen atoms in total. The van der Waals surface area contributed by atoms with Gasteiger partial charge in [-0.15, -0.1) is 0 Å². The fraction of sp³-hybridized carbons (Fsp3) is 0.467. The van der Waals surface area contributed by atoms with Crippen molar-refractivity contribution in [2.45, 2.75) is 33.2 Å². The van der Waals surface area contributed by atoms with Crippen LogP contribution < -0.4 is 5.73 Å². The van der Waals surface area contributed by atoms with Gasteiger partial charge in [0.05, 0.1) is 12.1 Å². The van der Waals surface area contributed by atoms with Crippen molar-refractivity contribution >= 4 is 11.7 Å². The molecule has 0 aliphatic carbocycles. The lowest BCUT2D eigenvalue weighted by atomic mass is 10.0. The third-order valence-corrected chi connectivity index (χ3v) is 3.13. The minimum absolute atomic E-state index is 0.0192. The van der Waals surface area contributed by atoms with Gasteiger partial charge in [-0.05, 0) is 32.0 Å². The number of rotatable bonds is 8. The van der Waals surface area contributed by atoms with Gasteiger partial charge in [-0.2, -0.15) is 0 Å². The Labute approximate surface area is 123 Å². The van der Waals surface area contributed by atoms with Crippen LogP contribution in [0.1, 0.15) is 42.6 Å². The maximum atomic E-state index is 13.6. The molecular weight excluding hydrogens is 275 g/mol. The lowest BCUT2D eigenvalue weighted by molar-refractivity contribution is -0.119. The number of Topliss-reactive ketones (excluding diaryl/α,β-unsaturated/α-hetero) is 1. The van der Waals surface area contributed by atoms with Gasteiger partial charge in [0.25, 0.3) is 0 Å². The molecule has 6 heteroatoms. The first-order valence-corrected chi connectivity index (χ1v) is 6.88. The summed E-state index contributed by atoms with van der Waals surface area (Å²) in [6.45, 7) is 4.05. The van der Waals surface area contributed by atoms with E-state index in [1.165, 1.54) is 13.0 Å². The van der Waals surface area contributed by atoms with E-state index in [0.29, 0.717) is 6.54 Å². The van der Waals surface area contributed by atoms with Crippen molar-refractivity contribution < 1.29 is 19.1 Å². The highest BCUT2D eigenvalue weighted by atomic mass is 19.1. The van der Waals surface area contributed by atoms with Crippen molar-refractivity contribution in [3.63, 3.8) is 0 Å². The molecule has 0 saturated heterocycles. The van der Waals surface area contributed by atoms with Crippen molar-refractivity contribution in [3.8, 4) is 5.75 Å². The van der Waals surface area contributed by atoms with Crippen LogP contribution in [0.15, 0.2) is 12.1 Å². The highest BCUT2D eigenvalue weighted by molar-refractivity contribution is 5.97. The summed E-state index contributed by atoms with van der Waals surface area (Å²) in [4.78, 5) is 24.2.